The molecule has 3 aliphatic rings. The van der Waals surface area contributed by atoms with E-state index in [1.165, 1.54) is 0 Å². The molecule has 0 radical (unpaired) electrons. The zero-order valence-corrected chi connectivity index (χ0v) is 19.1. The van der Waals surface area contributed by atoms with Crippen LogP contribution in [-0.2, 0) is 18.5 Å². The molecule has 2 amide bonds. The van der Waals surface area contributed by atoms with Gasteiger partial charge in [-0.2, -0.15) is 5.10 Å². The van der Waals surface area contributed by atoms with Crippen LogP contribution in [0.4, 0.5) is 0 Å². The van der Waals surface area contributed by atoms with Crippen molar-refractivity contribution in [3.05, 3.63) is 46.3 Å². The molecule has 0 unspecified atom stereocenters. The molecule has 32 heavy (non-hydrogen) atoms. The third-order valence-corrected chi connectivity index (χ3v) is 6.80. The Balaban J connectivity index is 1.32. The highest BCUT2D eigenvalue weighted by atomic mass is 16.5. The highest BCUT2D eigenvalue weighted by Crippen LogP contribution is 2.34. The SMILES string of the molecule is COc1cc(C(=O)N2CCC3(CC2)Cc2cn(C(C)(C)C)nc2C(=O)N3)cc2c1CN=C2. The Morgan fingerprint density at radius 3 is 2.66 bits per heavy atom. The van der Waals surface area contributed by atoms with Gasteiger partial charge in [-0.05, 0) is 52.2 Å². The number of aliphatic imine (C=N–C) groups is 1. The number of piperidine rings is 1. The third kappa shape index (κ3) is 3.38. The standard InChI is InChI=1S/C24H29N5O3/c1-23(2,3)29-14-17-11-24(26-21(30)20(17)27-29)5-7-28(8-6-24)22(31)15-9-16-12-25-13-18(16)19(10-15)32-4/h9-10,12,14H,5-8,11,13H2,1-4H3,(H,26,30). The molecule has 1 aromatic heterocycles. The average molecular weight is 436 g/mol. The lowest BCUT2D eigenvalue weighted by molar-refractivity contribution is 0.0605. The molecule has 0 saturated carbocycles. The molecule has 0 atom stereocenters. The third-order valence-electron chi connectivity index (χ3n) is 6.80. The molecule has 1 N–H and O–H groups in total. The van der Waals surface area contributed by atoms with Crippen molar-refractivity contribution in [2.75, 3.05) is 20.2 Å². The monoisotopic (exact) mass is 435 g/mol. The largest absolute Gasteiger partial charge is 0.496 e. The van der Waals surface area contributed by atoms with Crippen LogP contribution in [0.3, 0.4) is 0 Å². The van der Waals surface area contributed by atoms with Crippen molar-refractivity contribution in [1.29, 1.82) is 0 Å². The number of likely N-dealkylation sites (tertiary alicyclic amines) is 1. The van der Waals surface area contributed by atoms with Crippen molar-refractivity contribution in [3.8, 4) is 5.75 Å². The maximum atomic E-state index is 13.2. The summed E-state index contributed by atoms with van der Waals surface area (Å²) in [5.74, 6) is 0.584. The number of hydrogen-bond acceptors (Lipinski definition) is 5. The fourth-order valence-corrected chi connectivity index (χ4v) is 4.90. The van der Waals surface area contributed by atoms with Crippen LogP contribution in [0, 0.1) is 0 Å². The van der Waals surface area contributed by atoms with Crippen LogP contribution in [0.2, 0.25) is 0 Å². The normalized spacial score (nSPS) is 19.0. The molecule has 168 valence electrons. The summed E-state index contributed by atoms with van der Waals surface area (Å²) in [7, 11) is 1.62. The van der Waals surface area contributed by atoms with Crippen LogP contribution in [0.25, 0.3) is 0 Å². The van der Waals surface area contributed by atoms with Crippen molar-refractivity contribution < 1.29 is 14.3 Å². The quantitative estimate of drug-likeness (QED) is 0.785. The van der Waals surface area contributed by atoms with Gasteiger partial charge < -0.3 is 15.0 Å². The highest BCUT2D eigenvalue weighted by molar-refractivity contribution is 5.98. The van der Waals surface area contributed by atoms with Gasteiger partial charge in [-0.15, -0.1) is 0 Å². The second-order valence-electron chi connectivity index (χ2n) is 10.0. The predicted molar refractivity (Wildman–Crippen MR) is 121 cm³/mol. The van der Waals surface area contributed by atoms with Gasteiger partial charge in [0.05, 0.1) is 19.2 Å². The molecule has 1 spiro atoms. The van der Waals surface area contributed by atoms with E-state index in [-0.39, 0.29) is 22.9 Å². The Labute approximate surface area is 187 Å². The smallest absolute Gasteiger partial charge is 0.272 e. The molecule has 1 aromatic carbocycles. The van der Waals surface area contributed by atoms with Crippen LogP contribution in [0.1, 0.15) is 71.1 Å². The molecule has 8 nitrogen and oxygen atoms in total. The highest BCUT2D eigenvalue weighted by Gasteiger charge is 2.43. The first-order valence-corrected chi connectivity index (χ1v) is 11.1. The van der Waals surface area contributed by atoms with E-state index >= 15 is 0 Å². The zero-order valence-electron chi connectivity index (χ0n) is 19.1. The summed E-state index contributed by atoms with van der Waals surface area (Å²) in [6.07, 6.45) is 5.98. The summed E-state index contributed by atoms with van der Waals surface area (Å²) in [6, 6.07) is 3.71. The van der Waals surface area contributed by atoms with E-state index in [0.717, 1.165) is 23.1 Å². The number of ether oxygens (including phenoxy) is 1. The molecular formula is C24H29N5O3. The van der Waals surface area contributed by atoms with Crippen molar-refractivity contribution >= 4 is 18.0 Å². The van der Waals surface area contributed by atoms with E-state index in [4.69, 9.17) is 4.74 Å². The Morgan fingerprint density at radius 2 is 1.97 bits per heavy atom. The van der Waals surface area contributed by atoms with Gasteiger partial charge in [-0.25, -0.2) is 0 Å². The van der Waals surface area contributed by atoms with E-state index < -0.39 is 0 Å². The molecule has 0 aliphatic carbocycles. The van der Waals surface area contributed by atoms with Gasteiger partial charge in [0.2, 0.25) is 0 Å². The zero-order chi connectivity index (χ0) is 22.7. The number of rotatable bonds is 2. The first-order valence-electron chi connectivity index (χ1n) is 11.1. The topological polar surface area (TPSA) is 88.8 Å². The molecule has 1 fully saturated rings. The number of nitrogens with one attached hydrogen (secondary N) is 1. The molecular weight excluding hydrogens is 406 g/mol. The van der Waals surface area contributed by atoms with E-state index in [1.54, 1.807) is 13.3 Å². The van der Waals surface area contributed by atoms with Crippen LogP contribution in [-0.4, -0.2) is 58.4 Å². The van der Waals surface area contributed by atoms with Gasteiger partial charge in [-0.1, -0.05) is 0 Å². The number of nitrogens with zero attached hydrogens (tertiary/aromatic N) is 4. The molecule has 2 aromatic rings. The summed E-state index contributed by atoms with van der Waals surface area (Å²) >= 11 is 0. The summed E-state index contributed by atoms with van der Waals surface area (Å²) in [5.41, 5.74) is 3.60. The van der Waals surface area contributed by atoms with E-state index in [9.17, 15) is 9.59 Å². The number of aromatic nitrogens is 2. The van der Waals surface area contributed by atoms with Crippen LogP contribution >= 0.6 is 0 Å². The van der Waals surface area contributed by atoms with E-state index in [0.29, 0.717) is 49.5 Å². The lowest BCUT2D eigenvalue weighted by Gasteiger charge is -2.44. The first-order chi connectivity index (χ1) is 15.2. The van der Waals surface area contributed by atoms with Gasteiger partial charge in [0, 0.05) is 53.3 Å². The second kappa shape index (κ2) is 7.18. The van der Waals surface area contributed by atoms with Gasteiger partial charge in [0.15, 0.2) is 5.69 Å². The molecule has 4 heterocycles. The number of fused-ring (bicyclic) bond motifs is 2. The molecule has 8 heteroatoms. The molecule has 5 rings (SSSR count). The van der Waals surface area contributed by atoms with Gasteiger partial charge in [0.25, 0.3) is 11.8 Å². The van der Waals surface area contributed by atoms with Gasteiger partial charge in [-0.3, -0.25) is 19.3 Å². The van der Waals surface area contributed by atoms with Crippen molar-refractivity contribution in [2.45, 2.75) is 57.7 Å². The number of hydrogen-bond donors (Lipinski definition) is 1. The first kappa shape index (κ1) is 20.7. The van der Waals surface area contributed by atoms with Crippen LogP contribution < -0.4 is 10.1 Å². The average Bonchev–Trinajstić information content (AvgIpc) is 3.40. The number of carbonyl (C=O) groups excluding carboxylic acids is 2. The fraction of sp³-hybridized carbons (Fsp3) is 0.500. The number of benzene rings is 1. The summed E-state index contributed by atoms with van der Waals surface area (Å²) in [6.45, 7) is 7.99. The van der Waals surface area contributed by atoms with Crippen molar-refractivity contribution in [3.63, 3.8) is 0 Å². The summed E-state index contributed by atoms with van der Waals surface area (Å²) < 4.78 is 7.36. The van der Waals surface area contributed by atoms with Crippen LogP contribution in [0.5, 0.6) is 5.75 Å². The fourth-order valence-electron chi connectivity index (χ4n) is 4.90. The minimum Gasteiger partial charge on any atom is -0.496 e. The van der Waals surface area contributed by atoms with Gasteiger partial charge >= 0.3 is 0 Å². The summed E-state index contributed by atoms with van der Waals surface area (Å²) in [4.78, 5) is 32.2. The number of methoxy groups -OCH3 is 1. The van der Waals surface area contributed by atoms with E-state index in [1.807, 2.05) is 27.9 Å². The lowest BCUT2D eigenvalue weighted by atomic mass is 9.79. The van der Waals surface area contributed by atoms with Gasteiger partial charge in [0.1, 0.15) is 5.75 Å². The summed E-state index contributed by atoms with van der Waals surface area (Å²) in [5, 5.41) is 7.74. The Bertz CT molecular complexity index is 1130. The Hall–Kier alpha value is -3.16. The van der Waals surface area contributed by atoms with Crippen molar-refractivity contribution in [2.24, 2.45) is 4.99 Å². The minimum absolute atomic E-state index is 0.00960. The van der Waals surface area contributed by atoms with Crippen LogP contribution in [0.15, 0.2) is 23.3 Å². The number of amides is 2. The molecule has 3 aliphatic heterocycles. The Kier molecular flexibility index (Phi) is 4.65. The maximum absolute atomic E-state index is 13.2. The predicted octanol–water partition coefficient (Wildman–Crippen LogP) is 2.54. The second-order valence-corrected chi connectivity index (χ2v) is 10.0. The lowest BCUT2D eigenvalue weighted by Crippen LogP contribution is -2.59. The molecule has 0 bridgehead atoms. The van der Waals surface area contributed by atoms with Crippen molar-refractivity contribution in [1.82, 2.24) is 20.0 Å². The maximum Gasteiger partial charge on any atom is 0.272 e. The molecule has 1 saturated heterocycles. The van der Waals surface area contributed by atoms with E-state index in [2.05, 4.69) is 36.2 Å². The minimum atomic E-state index is -0.325. The Morgan fingerprint density at radius 1 is 1.22 bits per heavy atom. The number of carbonyl (C=O) groups is 2.